The maximum atomic E-state index is 13.8. The topological polar surface area (TPSA) is 67.4 Å². The average Bonchev–Trinajstić information content (AvgIpc) is 3.45. The molecule has 3 aliphatic rings. The van der Waals surface area contributed by atoms with Crippen LogP contribution in [0.15, 0.2) is 30.3 Å². The molecule has 0 bridgehead atoms. The predicted molar refractivity (Wildman–Crippen MR) is 154 cm³/mol. The molecule has 228 valence electrons. The van der Waals surface area contributed by atoms with Gasteiger partial charge in [-0.3, -0.25) is 14.7 Å². The molecule has 1 amide bonds. The number of carbonyl (C=O) groups excluding carboxylic acids is 1. The number of likely N-dealkylation sites (tertiary alicyclic amines) is 1. The summed E-state index contributed by atoms with van der Waals surface area (Å²) >= 11 is 0. The Kier molecular flexibility index (Phi) is 9.39. The van der Waals surface area contributed by atoms with Crippen molar-refractivity contribution in [2.75, 3.05) is 78.7 Å². The number of methoxy groups -OCH3 is 2. The number of ether oxygens (including phenoxy) is 3. The van der Waals surface area contributed by atoms with Gasteiger partial charge in [-0.25, -0.2) is 0 Å². The van der Waals surface area contributed by atoms with Gasteiger partial charge < -0.3 is 24.0 Å². The van der Waals surface area contributed by atoms with Crippen molar-refractivity contribution in [3.63, 3.8) is 0 Å². The van der Waals surface area contributed by atoms with Gasteiger partial charge in [0.05, 0.1) is 38.2 Å². The minimum atomic E-state index is -4.46. The molecule has 42 heavy (non-hydrogen) atoms. The summed E-state index contributed by atoms with van der Waals surface area (Å²) in [6.07, 6.45) is -0.902. The standard InChI is InChI=1S/C31H39F3N4O4/c1-36(12-15-40-2)27-20-23(35-26-7-6-25(29(26)27)31(32,33)34)18-21-4-5-22(19-28(21)41-3)30(39)38-10-8-24(9-11-38)37-13-16-42-17-14-37/h4-6,19-20,24H,7-18H2,1-3H3. The molecule has 8 nitrogen and oxygen atoms in total. The minimum absolute atomic E-state index is 0.0243. The first kappa shape index (κ1) is 30.3. The zero-order chi connectivity index (χ0) is 29.9. The molecule has 1 aromatic heterocycles. The Morgan fingerprint density at radius 2 is 1.86 bits per heavy atom. The van der Waals surface area contributed by atoms with E-state index in [-0.39, 0.29) is 17.9 Å². The van der Waals surface area contributed by atoms with Gasteiger partial charge in [0.2, 0.25) is 0 Å². The van der Waals surface area contributed by atoms with Crippen LogP contribution in [0.4, 0.5) is 18.9 Å². The summed E-state index contributed by atoms with van der Waals surface area (Å²) in [6, 6.07) is 7.62. The normalized spacial score (nSPS) is 18.1. The molecule has 0 N–H and O–H groups in total. The van der Waals surface area contributed by atoms with Crippen LogP contribution in [-0.4, -0.2) is 107 Å². The second-order valence-electron chi connectivity index (χ2n) is 11.1. The molecular formula is C31H39F3N4O4. The van der Waals surface area contributed by atoms with E-state index in [9.17, 15) is 18.0 Å². The number of carbonyl (C=O) groups is 1. The summed E-state index contributed by atoms with van der Waals surface area (Å²) in [5, 5.41) is 0. The Hall–Kier alpha value is -3.15. The van der Waals surface area contributed by atoms with E-state index in [4.69, 9.17) is 14.2 Å². The van der Waals surface area contributed by atoms with Gasteiger partial charge in [-0.1, -0.05) is 12.1 Å². The van der Waals surface area contributed by atoms with Gasteiger partial charge in [-0.05, 0) is 31.0 Å². The number of rotatable bonds is 9. The second-order valence-corrected chi connectivity index (χ2v) is 11.1. The molecule has 11 heteroatoms. The first-order chi connectivity index (χ1) is 20.2. The number of benzene rings is 1. The van der Waals surface area contributed by atoms with Gasteiger partial charge in [0.1, 0.15) is 5.75 Å². The molecule has 2 aromatic rings. The molecule has 2 fully saturated rings. The lowest BCUT2D eigenvalue weighted by molar-refractivity contribution is -0.0687. The number of anilines is 1. The highest BCUT2D eigenvalue weighted by atomic mass is 19.4. The molecule has 1 aromatic carbocycles. The van der Waals surface area contributed by atoms with Gasteiger partial charge in [-0.15, -0.1) is 0 Å². The van der Waals surface area contributed by atoms with Gasteiger partial charge >= 0.3 is 6.18 Å². The van der Waals surface area contributed by atoms with Gasteiger partial charge in [0.25, 0.3) is 5.91 Å². The van der Waals surface area contributed by atoms with E-state index in [1.54, 1.807) is 44.4 Å². The quantitative estimate of drug-likeness (QED) is 0.435. The molecule has 2 saturated heterocycles. The van der Waals surface area contributed by atoms with Crippen molar-refractivity contribution in [1.82, 2.24) is 14.8 Å². The highest BCUT2D eigenvalue weighted by molar-refractivity contribution is 5.95. The number of amides is 1. The average molecular weight is 589 g/mol. The fraction of sp³-hybridized carbons (Fsp3) is 0.548. The zero-order valence-electron chi connectivity index (χ0n) is 24.5. The van der Waals surface area contributed by atoms with Gasteiger partial charge in [0.15, 0.2) is 0 Å². The van der Waals surface area contributed by atoms with Crippen LogP contribution in [0.1, 0.15) is 45.7 Å². The molecule has 3 heterocycles. The Labute approximate surface area is 245 Å². The number of alkyl halides is 3. The van der Waals surface area contributed by atoms with Crippen LogP contribution in [0.25, 0.3) is 5.57 Å². The molecule has 0 atom stereocenters. The molecule has 0 radical (unpaired) electrons. The van der Waals surface area contributed by atoms with Crippen molar-refractivity contribution in [2.24, 2.45) is 0 Å². The molecule has 2 aliphatic heterocycles. The van der Waals surface area contributed by atoms with Crippen molar-refractivity contribution >= 4 is 17.2 Å². The summed E-state index contributed by atoms with van der Waals surface area (Å²) < 4.78 is 57.8. The highest BCUT2D eigenvalue weighted by Crippen LogP contribution is 2.44. The summed E-state index contributed by atoms with van der Waals surface area (Å²) in [7, 11) is 4.88. The first-order valence-corrected chi connectivity index (χ1v) is 14.5. The maximum absolute atomic E-state index is 13.8. The number of fused-ring (bicyclic) bond motifs is 1. The van der Waals surface area contributed by atoms with Crippen LogP contribution < -0.4 is 9.64 Å². The van der Waals surface area contributed by atoms with Crippen LogP contribution in [0.2, 0.25) is 0 Å². The molecule has 5 rings (SSSR count). The molecule has 0 unspecified atom stereocenters. The van der Waals surface area contributed by atoms with E-state index in [0.29, 0.717) is 67.1 Å². The number of pyridine rings is 1. The summed E-state index contributed by atoms with van der Waals surface area (Å²) in [5.74, 6) is 0.526. The number of aromatic nitrogens is 1. The Bertz CT molecular complexity index is 1300. The fourth-order valence-corrected chi connectivity index (χ4v) is 6.16. The van der Waals surface area contributed by atoms with E-state index in [1.165, 1.54) is 6.08 Å². The van der Waals surface area contributed by atoms with E-state index in [0.717, 1.165) is 44.7 Å². The Morgan fingerprint density at radius 3 is 2.52 bits per heavy atom. The number of likely N-dealkylation sites (N-methyl/N-ethyl adjacent to an activating group) is 1. The van der Waals surface area contributed by atoms with Crippen LogP contribution in [0.3, 0.4) is 0 Å². The molecule has 0 spiro atoms. The van der Waals surface area contributed by atoms with Crippen molar-refractivity contribution in [1.29, 1.82) is 0 Å². The van der Waals surface area contributed by atoms with Crippen LogP contribution in [0, 0.1) is 0 Å². The van der Waals surface area contributed by atoms with E-state index < -0.39 is 11.7 Å². The lowest BCUT2D eigenvalue weighted by atomic mass is 9.99. The third-order valence-electron chi connectivity index (χ3n) is 8.46. The number of morpholine rings is 1. The largest absolute Gasteiger partial charge is 0.496 e. The number of piperidine rings is 1. The van der Waals surface area contributed by atoms with Crippen molar-refractivity contribution in [3.05, 3.63) is 58.4 Å². The Morgan fingerprint density at radius 1 is 1.12 bits per heavy atom. The van der Waals surface area contributed by atoms with Crippen LogP contribution in [-0.2, 0) is 22.3 Å². The molecule has 1 aliphatic carbocycles. The fourth-order valence-electron chi connectivity index (χ4n) is 6.16. The zero-order valence-corrected chi connectivity index (χ0v) is 24.5. The lowest BCUT2D eigenvalue weighted by Crippen LogP contribution is -2.50. The molecule has 0 saturated carbocycles. The predicted octanol–water partition coefficient (Wildman–Crippen LogP) is 4.20. The summed E-state index contributed by atoms with van der Waals surface area (Å²) in [6.45, 7) is 5.65. The van der Waals surface area contributed by atoms with Crippen LogP contribution >= 0.6 is 0 Å². The van der Waals surface area contributed by atoms with E-state index >= 15 is 0 Å². The van der Waals surface area contributed by atoms with E-state index in [2.05, 4.69) is 9.88 Å². The number of hydrogen-bond acceptors (Lipinski definition) is 7. The number of halogens is 3. The summed E-state index contributed by atoms with van der Waals surface area (Å²) in [5.41, 5.74) is 2.36. The van der Waals surface area contributed by atoms with Crippen molar-refractivity contribution in [2.45, 2.75) is 37.9 Å². The Balaban J connectivity index is 1.33. The van der Waals surface area contributed by atoms with Crippen molar-refractivity contribution < 1.29 is 32.2 Å². The second kappa shape index (κ2) is 13.0. The SMILES string of the molecule is COCCN(C)c1cc(Cc2ccc(C(=O)N3CCC(N4CCOCC4)CC3)cc2OC)nc2c1C(C(F)(F)F)=CC2. The van der Waals surface area contributed by atoms with Gasteiger partial charge in [0, 0.05) is 93.8 Å². The van der Waals surface area contributed by atoms with E-state index in [1.807, 2.05) is 11.0 Å². The monoisotopic (exact) mass is 588 g/mol. The third kappa shape index (κ3) is 6.58. The third-order valence-corrected chi connectivity index (χ3v) is 8.46. The molecular weight excluding hydrogens is 549 g/mol. The lowest BCUT2D eigenvalue weighted by Gasteiger charge is -2.40. The smallest absolute Gasteiger partial charge is 0.416 e. The first-order valence-electron chi connectivity index (χ1n) is 14.5. The minimum Gasteiger partial charge on any atom is -0.496 e. The maximum Gasteiger partial charge on any atom is 0.416 e. The number of hydrogen-bond donors (Lipinski definition) is 0. The van der Waals surface area contributed by atoms with Gasteiger partial charge in [-0.2, -0.15) is 13.2 Å². The van der Waals surface area contributed by atoms with Crippen molar-refractivity contribution in [3.8, 4) is 5.75 Å². The van der Waals surface area contributed by atoms with Crippen LogP contribution in [0.5, 0.6) is 5.75 Å². The number of nitrogens with zero attached hydrogens (tertiary/aromatic N) is 4. The summed E-state index contributed by atoms with van der Waals surface area (Å²) in [4.78, 5) is 24.2. The highest BCUT2D eigenvalue weighted by Gasteiger charge is 2.40. The number of allylic oxidation sites excluding steroid dienone is 2.